The molecule has 3 rings (SSSR count). The molecule has 0 spiro atoms. The van der Waals surface area contributed by atoms with Gasteiger partial charge in [0.05, 0.1) is 7.11 Å². The third-order valence-corrected chi connectivity index (χ3v) is 3.47. The van der Waals surface area contributed by atoms with E-state index in [-0.39, 0.29) is 6.10 Å². The van der Waals surface area contributed by atoms with Crippen LogP contribution in [0.2, 0.25) is 0 Å². The van der Waals surface area contributed by atoms with Crippen LogP contribution in [-0.2, 0) is 0 Å². The highest BCUT2D eigenvalue weighted by Crippen LogP contribution is 2.24. The number of nitrogens with zero attached hydrogens (tertiary/aromatic N) is 2. The van der Waals surface area contributed by atoms with Crippen LogP contribution in [0.25, 0.3) is 11.4 Å². The molecule has 0 bridgehead atoms. The molecule has 0 amide bonds. The molecule has 2 aromatic carbocycles. The van der Waals surface area contributed by atoms with E-state index in [2.05, 4.69) is 10.1 Å². The predicted molar refractivity (Wildman–Crippen MR) is 86.5 cm³/mol. The lowest BCUT2D eigenvalue weighted by Crippen LogP contribution is -2.03. The fourth-order valence-electron chi connectivity index (χ4n) is 2.13. The van der Waals surface area contributed by atoms with Gasteiger partial charge in [-0.3, -0.25) is 0 Å². The summed E-state index contributed by atoms with van der Waals surface area (Å²) in [4.78, 5) is 4.41. The van der Waals surface area contributed by atoms with Crippen LogP contribution in [0.1, 0.15) is 24.5 Å². The summed E-state index contributed by atoms with van der Waals surface area (Å²) in [7, 11) is 1.63. The minimum Gasteiger partial charge on any atom is -0.497 e. The zero-order valence-corrected chi connectivity index (χ0v) is 13.3. The summed E-state index contributed by atoms with van der Waals surface area (Å²) in [6.07, 6.45) is -0.338. The fraction of sp³-hybridized carbons (Fsp3) is 0.222. The monoisotopic (exact) mass is 310 g/mol. The quantitative estimate of drug-likeness (QED) is 0.707. The summed E-state index contributed by atoms with van der Waals surface area (Å²) in [5.74, 6) is 2.50. The summed E-state index contributed by atoms with van der Waals surface area (Å²) < 4.78 is 16.3. The van der Waals surface area contributed by atoms with Crippen molar-refractivity contribution in [2.45, 2.75) is 20.0 Å². The maximum absolute atomic E-state index is 5.82. The first-order valence-corrected chi connectivity index (χ1v) is 7.37. The van der Waals surface area contributed by atoms with Crippen LogP contribution >= 0.6 is 0 Å². The maximum Gasteiger partial charge on any atom is 0.267 e. The van der Waals surface area contributed by atoms with Crippen LogP contribution in [0.3, 0.4) is 0 Å². The number of ether oxygens (including phenoxy) is 2. The topological polar surface area (TPSA) is 57.4 Å². The van der Waals surface area contributed by atoms with Crippen molar-refractivity contribution in [3.8, 4) is 22.9 Å². The first kappa shape index (κ1) is 15.1. The second-order valence-corrected chi connectivity index (χ2v) is 5.26. The Kier molecular flexibility index (Phi) is 4.28. The molecule has 0 N–H and O–H groups in total. The summed E-state index contributed by atoms with van der Waals surface area (Å²) in [5, 5.41) is 4.02. The van der Waals surface area contributed by atoms with Gasteiger partial charge in [0.2, 0.25) is 5.82 Å². The van der Waals surface area contributed by atoms with Crippen LogP contribution in [0.5, 0.6) is 11.5 Å². The van der Waals surface area contributed by atoms with Gasteiger partial charge < -0.3 is 14.0 Å². The zero-order valence-electron chi connectivity index (χ0n) is 13.3. The smallest absolute Gasteiger partial charge is 0.267 e. The molecule has 0 aliphatic carbocycles. The van der Waals surface area contributed by atoms with E-state index in [0.717, 1.165) is 11.3 Å². The van der Waals surface area contributed by atoms with Gasteiger partial charge in [-0.25, -0.2) is 0 Å². The number of rotatable bonds is 5. The van der Waals surface area contributed by atoms with Crippen molar-refractivity contribution in [1.29, 1.82) is 0 Å². The Hall–Kier alpha value is -2.82. The molecule has 1 heterocycles. The first-order chi connectivity index (χ1) is 11.2. The molecule has 0 unspecified atom stereocenters. The van der Waals surface area contributed by atoms with Gasteiger partial charge in [0, 0.05) is 5.56 Å². The first-order valence-electron chi connectivity index (χ1n) is 7.37. The minimum absolute atomic E-state index is 0.338. The van der Waals surface area contributed by atoms with Crippen LogP contribution in [0, 0.1) is 6.92 Å². The van der Waals surface area contributed by atoms with Crippen molar-refractivity contribution in [1.82, 2.24) is 10.1 Å². The normalized spacial score (nSPS) is 12.0. The number of aryl methyl sites for hydroxylation is 1. The second kappa shape index (κ2) is 6.52. The number of hydrogen-bond donors (Lipinski definition) is 0. The van der Waals surface area contributed by atoms with Crippen molar-refractivity contribution in [2.75, 3.05) is 7.11 Å². The molecule has 1 atom stereocenters. The molecule has 118 valence electrons. The molecule has 23 heavy (non-hydrogen) atoms. The summed E-state index contributed by atoms with van der Waals surface area (Å²) >= 11 is 0. The Morgan fingerprint density at radius 1 is 0.957 bits per heavy atom. The largest absolute Gasteiger partial charge is 0.497 e. The van der Waals surface area contributed by atoms with E-state index in [0.29, 0.717) is 17.5 Å². The van der Waals surface area contributed by atoms with Crippen molar-refractivity contribution < 1.29 is 14.0 Å². The number of hydrogen-bond acceptors (Lipinski definition) is 5. The predicted octanol–water partition coefficient (Wildman–Crippen LogP) is 4.19. The van der Waals surface area contributed by atoms with Gasteiger partial charge in [0.15, 0.2) is 6.10 Å². The van der Waals surface area contributed by atoms with Crippen molar-refractivity contribution in [3.63, 3.8) is 0 Å². The van der Waals surface area contributed by atoms with Gasteiger partial charge in [0.25, 0.3) is 5.89 Å². The summed E-state index contributed by atoms with van der Waals surface area (Å²) in [6, 6.07) is 15.3. The summed E-state index contributed by atoms with van der Waals surface area (Å²) in [5.41, 5.74) is 2.11. The maximum atomic E-state index is 5.82. The van der Waals surface area contributed by atoms with Crippen molar-refractivity contribution in [2.24, 2.45) is 0 Å². The number of benzene rings is 2. The minimum atomic E-state index is -0.338. The molecular formula is C18H18N2O3. The molecule has 5 heteroatoms. The molecule has 0 radical (unpaired) electrons. The lowest BCUT2D eigenvalue weighted by atomic mass is 10.1. The van der Waals surface area contributed by atoms with E-state index in [1.807, 2.05) is 62.4 Å². The Bertz CT molecular complexity index is 764. The summed E-state index contributed by atoms with van der Waals surface area (Å²) in [6.45, 7) is 3.91. The average Bonchev–Trinajstić information content (AvgIpc) is 3.06. The lowest BCUT2D eigenvalue weighted by molar-refractivity contribution is 0.175. The van der Waals surface area contributed by atoms with Gasteiger partial charge in [0.1, 0.15) is 11.5 Å². The van der Waals surface area contributed by atoms with Gasteiger partial charge in [-0.1, -0.05) is 35.0 Å². The van der Waals surface area contributed by atoms with E-state index in [4.69, 9.17) is 14.0 Å². The van der Waals surface area contributed by atoms with Crippen molar-refractivity contribution in [3.05, 3.63) is 60.0 Å². The molecule has 5 nitrogen and oxygen atoms in total. The van der Waals surface area contributed by atoms with Crippen LogP contribution < -0.4 is 9.47 Å². The van der Waals surface area contributed by atoms with E-state index in [1.165, 1.54) is 5.56 Å². The lowest BCUT2D eigenvalue weighted by Gasteiger charge is -2.10. The van der Waals surface area contributed by atoms with Crippen molar-refractivity contribution >= 4 is 0 Å². The van der Waals surface area contributed by atoms with E-state index in [1.54, 1.807) is 7.11 Å². The Labute approximate surface area is 134 Å². The molecular weight excluding hydrogens is 292 g/mol. The molecule has 0 saturated heterocycles. The zero-order chi connectivity index (χ0) is 16.2. The van der Waals surface area contributed by atoms with E-state index >= 15 is 0 Å². The van der Waals surface area contributed by atoms with E-state index in [9.17, 15) is 0 Å². The number of methoxy groups -OCH3 is 1. The third kappa shape index (κ3) is 3.51. The van der Waals surface area contributed by atoms with Crippen LogP contribution in [0.15, 0.2) is 53.1 Å². The van der Waals surface area contributed by atoms with Crippen LogP contribution in [0.4, 0.5) is 0 Å². The Morgan fingerprint density at radius 2 is 1.61 bits per heavy atom. The molecule has 0 aliphatic rings. The Morgan fingerprint density at radius 3 is 2.26 bits per heavy atom. The third-order valence-electron chi connectivity index (χ3n) is 3.47. The second-order valence-electron chi connectivity index (χ2n) is 5.26. The highest BCUT2D eigenvalue weighted by molar-refractivity contribution is 5.54. The fourth-order valence-corrected chi connectivity index (χ4v) is 2.13. The molecule has 0 fully saturated rings. The number of aromatic nitrogens is 2. The van der Waals surface area contributed by atoms with E-state index < -0.39 is 0 Å². The van der Waals surface area contributed by atoms with Gasteiger partial charge in [-0.05, 0) is 38.1 Å². The molecule has 0 aliphatic heterocycles. The molecule has 1 aromatic heterocycles. The standard InChI is InChI=1S/C18H18N2O3/c1-12-4-6-14(7-5-12)17-19-18(23-20-17)13(2)22-16-10-8-15(21-3)9-11-16/h4-11,13H,1-3H3/t13-/m1/s1. The SMILES string of the molecule is COc1ccc(O[C@H](C)c2nc(-c3ccc(C)cc3)no2)cc1. The Balaban J connectivity index is 1.72. The van der Waals surface area contributed by atoms with Gasteiger partial charge >= 0.3 is 0 Å². The molecule has 3 aromatic rings. The van der Waals surface area contributed by atoms with Crippen LogP contribution in [-0.4, -0.2) is 17.3 Å². The van der Waals surface area contributed by atoms with Gasteiger partial charge in [-0.15, -0.1) is 0 Å². The average molecular weight is 310 g/mol. The molecule has 0 saturated carbocycles. The van der Waals surface area contributed by atoms with Gasteiger partial charge in [-0.2, -0.15) is 4.98 Å². The highest BCUT2D eigenvalue weighted by atomic mass is 16.5. The highest BCUT2D eigenvalue weighted by Gasteiger charge is 2.16.